The summed E-state index contributed by atoms with van der Waals surface area (Å²) in [5.74, 6) is -1.55. The molecule has 0 bridgehead atoms. The summed E-state index contributed by atoms with van der Waals surface area (Å²) in [6.07, 6.45) is 3.99. The summed E-state index contributed by atoms with van der Waals surface area (Å²) in [4.78, 5) is 0. The van der Waals surface area contributed by atoms with Crippen LogP contribution < -0.4 is 4.74 Å². The zero-order chi connectivity index (χ0) is 14.3. The molecule has 19 heavy (non-hydrogen) atoms. The van der Waals surface area contributed by atoms with Gasteiger partial charge in [0.05, 0.1) is 6.61 Å². The summed E-state index contributed by atoms with van der Waals surface area (Å²) in [6, 6.07) is 3.77. The van der Waals surface area contributed by atoms with E-state index >= 15 is 0 Å². The smallest absolute Gasteiger partial charge is 0.190 e. The minimum atomic E-state index is -0.642. The SMILES string of the molecule is CCCC(CBr)(CCC)COc1c(F)cccc1F. The van der Waals surface area contributed by atoms with Gasteiger partial charge in [-0.25, -0.2) is 8.78 Å². The molecule has 0 aromatic heterocycles. The van der Waals surface area contributed by atoms with E-state index in [9.17, 15) is 8.78 Å². The van der Waals surface area contributed by atoms with Crippen molar-refractivity contribution in [2.24, 2.45) is 5.41 Å². The lowest BCUT2D eigenvalue weighted by molar-refractivity contribution is 0.136. The molecule has 0 atom stereocenters. The molecular formula is C15H21BrF2O. The first-order valence-corrected chi connectivity index (χ1v) is 7.83. The molecule has 0 spiro atoms. The van der Waals surface area contributed by atoms with Crippen LogP contribution in [0.15, 0.2) is 18.2 Å². The maximum absolute atomic E-state index is 13.5. The Labute approximate surface area is 122 Å². The molecule has 0 aliphatic carbocycles. The van der Waals surface area contributed by atoms with Crippen LogP contribution in [0, 0.1) is 17.0 Å². The maximum atomic E-state index is 13.5. The van der Waals surface area contributed by atoms with Crippen molar-refractivity contribution in [2.75, 3.05) is 11.9 Å². The van der Waals surface area contributed by atoms with Crippen molar-refractivity contribution >= 4 is 15.9 Å². The van der Waals surface area contributed by atoms with Crippen LogP contribution >= 0.6 is 15.9 Å². The lowest BCUT2D eigenvalue weighted by Gasteiger charge is -2.31. The van der Waals surface area contributed by atoms with Crippen LogP contribution in [0.5, 0.6) is 5.75 Å². The van der Waals surface area contributed by atoms with Crippen molar-refractivity contribution in [3.63, 3.8) is 0 Å². The molecule has 1 aromatic rings. The van der Waals surface area contributed by atoms with Crippen LogP contribution in [0.3, 0.4) is 0 Å². The van der Waals surface area contributed by atoms with Crippen LogP contribution in [-0.2, 0) is 0 Å². The second kappa shape index (κ2) is 7.83. The van der Waals surface area contributed by atoms with Gasteiger partial charge in [-0.3, -0.25) is 0 Å². The number of rotatable bonds is 8. The Morgan fingerprint density at radius 2 is 1.63 bits per heavy atom. The van der Waals surface area contributed by atoms with Crippen molar-refractivity contribution in [3.8, 4) is 5.75 Å². The number of hydrogen-bond acceptors (Lipinski definition) is 1. The number of alkyl halides is 1. The summed E-state index contributed by atoms with van der Waals surface area (Å²) in [5, 5.41) is 0.776. The van der Waals surface area contributed by atoms with Gasteiger partial charge in [-0.2, -0.15) is 0 Å². The highest BCUT2D eigenvalue weighted by Crippen LogP contribution is 2.34. The number of halogens is 3. The highest BCUT2D eigenvalue weighted by Gasteiger charge is 2.29. The van der Waals surface area contributed by atoms with E-state index in [1.165, 1.54) is 18.2 Å². The van der Waals surface area contributed by atoms with Gasteiger partial charge < -0.3 is 4.74 Å². The van der Waals surface area contributed by atoms with Gasteiger partial charge in [0.2, 0.25) is 0 Å². The summed E-state index contributed by atoms with van der Waals surface area (Å²) in [7, 11) is 0. The zero-order valence-corrected chi connectivity index (χ0v) is 13.1. The number of hydrogen-bond donors (Lipinski definition) is 0. The molecule has 0 unspecified atom stereocenters. The van der Waals surface area contributed by atoms with E-state index < -0.39 is 11.6 Å². The Morgan fingerprint density at radius 1 is 1.11 bits per heavy atom. The number of para-hydroxylation sites is 1. The predicted molar refractivity (Wildman–Crippen MR) is 77.9 cm³/mol. The van der Waals surface area contributed by atoms with Gasteiger partial charge in [0, 0.05) is 10.7 Å². The van der Waals surface area contributed by atoms with Crippen LogP contribution in [0.4, 0.5) is 8.78 Å². The molecule has 0 radical (unpaired) electrons. The Morgan fingerprint density at radius 3 is 2.05 bits per heavy atom. The fourth-order valence-corrected chi connectivity index (χ4v) is 3.07. The fraction of sp³-hybridized carbons (Fsp3) is 0.600. The van der Waals surface area contributed by atoms with Gasteiger partial charge in [0.1, 0.15) is 0 Å². The first-order chi connectivity index (χ1) is 9.08. The predicted octanol–water partition coefficient (Wildman–Crippen LogP) is 5.33. The third kappa shape index (κ3) is 4.44. The van der Waals surface area contributed by atoms with Crippen molar-refractivity contribution < 1.29 is 13.5 Å². The zero-order valence-electron chi connectivity index (χ0n) is 11.5. The average molecular weight is 335 g/mol. The minimum Gasteiger partial charge on any atom is -0.487 e. The van der Waals surface area contributed by atoms with E-state index in [2.05, 4.69) is 29.8 Å². The maximum Gasteiger partial charge on any atom is 0.190 e. The molecule has 0 aliphatic rings. The monoisotopic (exact) mass is 334 g/mol. The largest absolute Gasteiger partial charge is 0.487 e. The Bertz CT molecular complexity index is 369. The normalized spacial score (nSPS) is 11.6. The van der Waals surface area contributed by atoms with Crippen LogP contribution in [-0.4, -0.2) is 11.9 Å². The van der Waals surface area contributed by atoms with Crippen molar-refractivity contribution in [3.05, 3.63) is 29.8 Å². The third-order valence-electron chi connectivity index (χ3n) is 3.29. The molecule has 1 nitrogen and oxygen atoms in total. The van der Waals surface area contributed by atoms with E-state index in [1.54, 1.807) is 0 Å². The van der Waals surface area contributed by atoms with Crippen molar-refractivity contribution in [1.82, 2.24) is 0 Å². The first kappa shape index (κ1) is 16.4. The van der Waals surface area contributed by atoms with E-state index in [1.807, 2.05) is 0 Å². The van der Waals surface area contributed by atoms with E-state index in [-0.39, 0.29) is 11.2 Å². The molecular weight excluding hydrogens is 314 g/mol. The first-order valence-electron chi connectivity index (χ1n) is 6.71. The summed E-state index contributed by atoms with van der Waals surface area (Å²) in [6.45, 7) is 4.55. The number of benzene rings is 1. The van der Waals surface area contributed by atoms with Gasteiger partial charge in [-0.15, -0.1) is 0 Å². The standard InChI is InChI=1S/C15H21BrF2O/c1-3-8-15(10-16,9-4-2)11-19-14-12(17)6-5-7-13(14)18/h5-7H,3-4,8-11H2,1-2H3. The average Bonchev–Trinajstić information content (AvgIpc) is 2.38. The van der Waals surface area contributed by atoms with Crippen molar-refractivity contribution in [1.29, 1.82) is 0 Å². The van der Waals surface area contributed by atoms with Gasteiger partial charge >= 0.3 is 0 Å². The second-order valence-corrected chi connectivity index (χ2v) is 5.53. The molecule has 0 saturated carbocycles. The molecule has 1 aromatic carbocycles. The summed E-state index contributed by atoms with van der Waals surface area (Å²) >= 11 is 3.52. The Balaban J connectivity index is 2.80. The molecule has 0 N–H and O–H groups in total. The Kier molecular flexibility index (Phi) is 6.76. The molecule has 0 aliphatic heterocycles. The van der Waals surface area contributed by atoms with Gasteiger partial charge in [-0.05, 0) is 25.0 Å². The molecule has 0 heterocycles. The van der Waals surface area contributed by atoms with E-state index in [4.69, 9.17) is 4.74 Å². The lowest BCUT2D eigenvalue weighted by Crippen LogP contribution is -2.30. The highest BCUT2D eigenvalue weighted by molar-refractivity contribution is 9.09. The summed E-state index contributed by atoms with van der Waals surface area (Å²) in [5.41, 5.74) is -0.0573. The highest BCUT2D eigenvalue weighted by atomic mass is 79.9. The second-order valence-electron chi connectivity index (χ2n) is 4.97. The molecule has 4 heteroatoms. The van der Waals surface area contributed by atoms with Crippen LogP contribution in [0.2, 0.25) is 0 Å². The van der Waals surface area contributed by atoms with Gasteiger partial charge in [0.15, 0.2) is 17.4 Å². The van der Waals surface area contributed by atoms with Gasteiger partial charge in [-0.1, -0.05) is 48.7 Å². The lowest BCUT2D eigenvalue weighted by atomic mass is 9.82. The molecule has 0 amide bonds. The van der Waals surface area contributed by atoms with E-state index in [0.29, 0.717) is 6.61 Å². The third-order valence-corrected chi connectivity index (χ3v) is 4.48. The molecule has 108 valence electrons. The topological polar surface area (TPSA) is 9.23 Å². The summed E-state index contributed by atoms with van der Waals surface area (Å²) < 4.78 is 32.5. The fourth-order valence-electron chi connectivity index (χ4n) is 2.35. The van der Waals surface area contributed by atoms with E-state index in [0.717, 1.165) is 31.0 Å². The number of ether oxygens (including phenoxy) is 1. The molecule has 0 fully saturated rings. The Hall–Kier alpha value is -0.640. The van der Waals surface area contributed by atoms with Gasteiger partial charge in [0.25, 0.3) is 0 Å². The molecule has 1 rings (SSSR count). The minimum absolute atomic E-state index is 0.0573. The van der Waals surface area contributed by atoms with Crippen molar-refractivity contribution in [2.45, 2.75) is 39.5 Å². The van der Waals surface area contributed by atoms with Crippen LogP contribution in [0.1, 0.15) is 39.5 Å². The quantitative estimate of drug-likeness (QED) is 0.584. The molecule has 0 saturated heterocycles. The van der Waals surface area contributed by atoms with Crippen LogP contribution in [0.25, 0.3) is 0 Å².